The van der Waals surface area contributed by atoms with Crippen LogP contribution in [0.25, 0.3) is 0 Å². The maximum Gasteiger partial charge on any atom is 0.122 e. The first kappa shape index (κ1) is 20.6. The highest BCUT2D eigenvalue weighted by Crippen LogP contribution is 2.39. The van der Waals surface area contributed by atoms with Crippen molar-refractivity contribution in [2.24, 2.45) is 0 Å². The number of hydrogen-bond donors (Lipinski definition) is 1. The van der Waals surface area contributed by atoms with Crippen LogP contribution in [-0.2, 0) is 17.3 Å². The van der Waals surface area contributed by atoms with Crippen LogP contribution < -0.4 is 0 Å². The quantitative estimate of drug-likeness (QED) is 0.629. The molecule has 0 aliphatic rings. The molecule has 0 amide bonds. The Morgan fingerprint density at radius 1 is 0.731 bits per heavy atom. The van der Waals surface area contributed by atoms with E-state index in [1.54, 1.807) is 0 Å². The molecule has 0 aliphatic heterocycles. The molecule has 1 N–H and O–H groups in total. The van der Waals surface area contributed by atoms with Gasteiger partial charge in [0.2, 0.25) is 0 Å². The molecule has 0 atom stereocenters. The van der Waals surface area contributed by atoms with Crippen LogP contribution >= 0.6 is 0 Å². The average molecular weight is 353 g/mol. The monoisotopic (exact) mass is 352 g/mol. The largest absolute Gasteiger partial charge is 0.507 e. The van der Waals surface area contributed by atoms with Crippen LogP contribution in [0.3, 0.4) is 0 Å². The Bertz CT molecular complexity index is 801. The van der Waals surface area contributed by atoms with Crippen molar-refractivity contribution in [2.45, 2.75) is 86.5 Å². The average Bonchev–Trinajstić information content (AvgIpc) is 2.48. The fourth-order valence-corrected chi connectivity index (χ4v) is 3.59. The zero-order chi connectivity index (χ0) is 20.0. The van der Waals surface area contributed by atoms with Gasteiger partial charge in [-0.1, -0.05) is 59.7 Å². The Hall–Kier alpha value is -1.76. The molecule has 0 aliphatic carbocycles. The molecule has 1 heteroatoms. The summed E-state index contributed by atoms with van der Waals surface area (Å²) in [6.45, 7) is 22.0. The third-order valence-electron chi connectivity index (χ3n) is 5.75. The third kappa shape index (κ3) is 3.98. The Labute approximate surface area is 160 Å². The molecular weight excluding hydrogens is 316 g/mol. The second-order valence-corrected chi connectivity index (χ2v) is 9.95. The van der Waals surface area contributed by atoms with Crippen LogP contribution in [0.1, 0.15) is 86.1 Å². The molecule has 0 spiro atoms. The molecule has 2 rings (SSSR count). The zero-order valence-corrected chi connectivity index (χ0v) is 18.4. The van der Waals surface area contributed by atoms with E-state index in [9.17, 15) is 5.11 Å². The van der Waals surface area contributed by atoms with Gasteiger partial charge in [-0.3, -0.25) is 0 Å². The highest BCUT2D eigenvalue weighted by molar-refractivity contribution is 5.53. The summed E-state index contributed by atoms with van der Waals surface area (Å²) in [7, 11) is 0. The minimum absolute atomic E-state index is 0.0507. The van der Waals surface area contributed by atoms with Gasteiger partial charge in [0.25, 0.3) is 0 Å². The molecule has 142 valence electrons. The molecule has 0 unspecified atom stereocenters. The Morgan fingerprint density at radius 2 is 1.23 bits per heavy atom. The molecule has 0 fully saturated rings. The van der Waals surface area contributed by atoms with Crippen molar-refractivity contribution in [2.75, 3.05) is 0 Å². The van der Waals surface area contributed by atoms with Gasteiger partial charge in [0.1, 0.15) is 5.75 Å². The predicted octanol–water partition coefficient (Wildman–Crippen LogP) is 6.81. The van der Waals surface area contributed by atoms with E-state index in [1.165, 1.54) is 33.4 Å². The maximum atomic E-state index is 11.1. The lowest BCUT2D eigenvalue weighted by atomic mass is 9.78. The van der Waals surface area contributed by atoms with Crippen LogP contribution in [0, 0.1) is 27.7 Å². The molecular formula is C25H36O. The summed E-state index contributed by atoms with van der Waals surface area (Å²) in [6.07, 6.45) is 0.777. The van der Waals surface area contributed by atoms with Gasteiger partial charge in [-0.25, -0.2) is 0 Å². The molecule has 0 bridgehead atoms. The van der Waals surface area contributed by atoms with Gasteiger partial charge in [0.05, 0.1) is 0 Å². The van der Waals surface area contributed by atoms with Crippen molar-refractivity contribution in [3.8, 4) is 5.75 Å². The molecule has 2 aromatic carbocycles. The third-order valence-corrected chi connectivity index (χ3v) is 5.75. The van der Waals surface area contributed by atoms with Crippen molar-refractivity contribution in [1.29, 1.82) is 0 Å². The topological polar surface area (TPSA) is 20.2 Å². The first-order chi connectivity index (χ1) is 11.7. The van der Waals surface area contributed by atoms with Gasteiger partial charge in [0.15, 0.2) is 0 Å². The van der Waals surface area contributed by atoms with E-state index in [0.717, 1.165) is 17.5 Å². The van der Waals surface area contributed by atoms with E-state index in [0.29, 0.717) is 5.75 Å². The van der Waals surface area contributed by atoms with Crippen molar-refractivity contribution < 1.29 is 5.11 Å². The standard InChI is InChI=1S/C25H36O/c1-15-11-16(2)18(4)21(17(15)3)13-19-12-20(24(5,6)7)14-22(23(19)26)25(8,9)10/h11-12,14,26H,13H2,1-10H3. The van der Waals surface area contributed by atoms with E-state index < -0.39 is 0 Å². The highest BCUT2D eigenvalue weighted by atomic mass is 16.3. The molecule has 1 nitrogen and oxygen atoms in total. The van der Waals surface area contributed by atoms with Gasteiger partial charge in [-0.15, -0.1) is 0 Å². The number of benzene rings is 2. The lowest BCUT2D eigenvalue weighted by Gasteiger charge is -2.28. The predicted molar refractivity (Wildman–Crippen MR) is 114 cm³/mol. The number of aryl methyl sites for hydroxylation is 2. The fraction of sp³-hybridized carbons (Fsp3) is 0.520. The SMILES string of the molecule is Cc1cc(C)c(C)c(Cc2cc(C(C)(C)C)cc(C(C)(C)C)c2O)c1C. The fourth-order valence-electron chi connectivity index (χ4n) is 3.59. The number of hydrogen-bond acceptors (Lipinski definition) is 1. The van der Waals surface area contributed by atoms with Gasteiger partial charge < -0.3 is 5.11 Å². The number of phenols is 1. The Kier molecular flexibility index (Phi) is 5.34. The highest BCUT2D eigenvalue weighted by Gasteiger charge is 2.25. The van der Waals surface area contributed by atoms with Crippen molar-refractivity contribution in [1.82, 2.24) is 0 Å². The molecule has 0 saturated carbocycles. The molecule has 0 radical (unpaired) electrons. The zero-order valence-electron chi connectivity index (χ0n) is 18.4. The van der Waals surface area contributed by atoms with Gasteiger partial charge in [0, 0.05) is 6.42 Å². The molecule has 0 saturated heterocycles. The van der Waals surface area contributed by atoms with E-state index in [2.05, 4.69) is 87.4 Å². The minimum atomic E-state index is -0.0906. The summed E-state index contributed by atoms with van der Waals surface area (Å²) in [5.74, 6) is 0.462. The molecule has 0 aromatic heterocycles. The first-order valence-corrected chi connectivity index (χ1v) is 9.66. The van der Waals surface area contributed by atoms with Crippen molar-refractivity contribution >= 4 is 0 Å². The molecule has 26 heavy (non-hydrogen) atoms. The van der Waals surface area contributed by atoms with Gasteiger partial charge >= 0.3 is 0 Å². The number of aromatic hydroxyl groups is 1. The van der Waals surface area contributed by atoms with Gasteiger partial charge in [-0.2, -0.15) is 0 Å². The van der Waals surface area contributed by atoms with Crippen LogP contribution in [0.15, 0.2) is 18.2 Å². The number of rotatable bonds is 2. The Balaban J connectivity index is 2.72. The summed E-state index contributed by atoms with van der Waals surface area (Å²) in [4.78, 5) is 0. The summed E-state index contributed by atoms with van der Waals surface area (Å²) >= 11 is 0. The van der Waals surface area contributed by atoms with E-state index in [4.69, 9.17) is 0 Å². The second-order valence-electron chi connectivity index (χ2n) is 9.95. The second kappa shape index (κ2) is 6.76. The van der Waals surface area contributed by atoms with Crippen LogP contribution in [0.5, 0.6) is 5.75 Å². The molecule has 2 aromatic rings. The summed E-state index contributed by atoms with van der Waals surface area (Å²) in [6, 6.07) is 6.67. The Morgan fingerprint density at radius 3 is 1.65 bits per heavy atom. The minimum Gasteiger partial charge on any atom is -0.507 e. The molecule has 0 heterocycles. The maximum absolute atomic E-state index is 11.1. The van der Waals surface area contributed by atoms with Crippen LogP contribution in [0.4, 0.5) is 0 Å². The number of phenolic OH excluding ortho intramolecular Hbond substituents is 1. The summed E-state index contributed by atoms with van der Waals surface area (Å²) in [5, 5.41) is 11.1. The normalized spacial score (nSPS) is 12.5. The van der Waals surface area contributed by atoms with E-state index >= 15 is 0 Å². The van der Waals surface area contributed by atoms with Crippen molar-refractivity contribution in [3.05, 3.63) is 62.7 Å². The van der Waals surface area contributed by atoms with Gasteiger partial charge in [-0.05, 0) is 83.0 Å². The smallest absolute Gasteiger partial charge is 0.122 e. The van der Waals surface area contributed by atoms with Crippen molar-refractivity contribution in [3.63, 3.8) is 0 Å². The summed E-state index contributed by atoms with van der Waals surface area (Å²) in [5.41, 5.74) is 10.0. The summed E-state index contributed by atoms with van der Waals surface area (Å²) < 4.78 is 0. The lowest BCUT2D eigenvalue weighted by molar-refractivity contribution is 0.439. The van der Waals surface area contributed by atoms with E-state index in [1.807, 2.05) is 0 Å². The van der Waals surface area contributed by atoms with Crippen LogP contribution in [0.2, 0.25) is 0 Å². The van der Waals surface area contributed by atoms with Crippen LogP contribution in [-0.4, -0.2) is 5.11 Å². The van der Waals surface area contributed by atoms with E-state index in [-0.39, 0.29) is 10.8 Å². The first-order valence-electron chi connectivity index (χ1n) is 9.66. The lowest BCUT2D eigenvalue weighted by Crippen LogP contribution is -2.17.